The predicted molar refractivity (Wildman–Crippen MR) is 76.4 cm³/mol. The van der Waals surface area contributed by atoms with Crippen LogP contribution in [0.4, 0.5) is 0 Å². The summed E-state index contributed by atoms with van der Waals surface area (Å²) >= 11 is 0. The zero-order chi connectivity index (χ0) is 12.6. The van der Waals surface area contributed by atoms with Gasteiger partial charge < -0.3 is 5.32 Å². The number of hydrogen-bond acceptors (Lipinski definition) is 1. The van der Waals surface area contributed by atoms with Gasteiger partial charge in [-0.2, -0.15) is 0 Å². The van der Waals surface area contributed by atoms with Gasteiger partial charge in [-0.3, -0.25) is 0 Å². The van der Waals surface area contributed by atoms with E-state index in [1.54, 1.807) is 0 Å². The van der Waals surface area contributed by atoms with Crippen molar-refractivity contribution in [3.8, 4) is 0 Å². The molecule has 1 heteroatoms. The van der Waals surface area contributed by atoms with Gasteiger partial charge in [0.05, 0.1) is 0 Å². The Morgan fingerprint density at radius 1 is 1.06 bits per heavy atom. The topological polar surface area (TPSA) is 12.0 Å². The van der Waals surface area contributed by atoms with Crippen molar-refractivity contribution in [1.29, 1.82) is 0 Å². The van der Waals surface area contributed by atoms with Gasteiger partial charge in [0.15, 0.2) is 0 Å². The van der Waals surface area contributed by atoms with Crippen LogP contribution in [0.25, 0.3) is 0 Å². The second-order valence-electron chi connectivity index (χ2n) is 5.25. The van der Waals surface area contributed by atoms with Crippen LogP contribution in [-0.2, 0) is 6.42 Å². The monoisotopic (exact) mass is 233 g/mol. The minimum atomic E-state index is 0.339. The van der Waals surface area contributed by atoms with Gasteiger partial charge >= 0.3 is 0 Å². The summed E-state index contributed by atoms with van der Waals surface area (Å²) in [6.45, 7) is 4.61. The smallest absolute Gasteiger partial charge is 0.0150 e. The van der Waals surface area contributed by atoms with Crippen LogP contribution >= 0.6 is 0 Å². The first-order chi connectivity index (χ1) is 8.20. The molecular weight excluding hydrogens is 206 g/mol. The Morgan fingerprint density at radius 2 is 1.76 bits per heavy atom. The molecule has 96 valence electrons. The fourth-order valence-corrected chi connectivity index (χ4v) is 2.42. The van der Waals surface area contributed by atoms with Crippen LogP contribution < -0.4 is 5.32 Å². The molecule has 0 aliphatic carbocycles. The highest BCUT2D eigenvalue weighted by Gasteiger charge is 2.19. The zero-order valence-electron chi connectivity index (χ0n) is 11.6. The van der Waals surface area contributed by atoms with Gasteiger partial charge in [0.2, 0.25) is 0 Å². The molecule has 0 radical (unpaired) electrons. The highest BCUT2D eigenvalue weighted by atomic mass is 14.9. The molecule has 1 N–H and O–H groups in total. The number of nitrogens with one attached hydrogen (secondary N) is 1. The summed E-state index contributed by atoms with van der Waals surface area (Å²) in [5.74, 6) is 0. The summed E-state index contributed by atoms with van der Waals surface area (Å²) in [5, 5.41) is 3.48. The highest BCUT2D eigenvalue weighted by molar-refractivity contribution is 5.14. The molecule has 0 fully saturated rings. The third-order valence-corrected chi connectivity index (χ3v) is 3.69. The Bertz CT molecular complexity index is 294. The quantitative estimate of drug-likeness (QED) is 0.664. The van der Waals surface area contributed by atoms with Gasteiger partial charge in [-0.05, 0) is 45.2 Å². The van der Waals surface area contributed by atoms with Gasteiger partial charge in [0.1, 0.15) is 0 Å². The molecule has 0 spiro atoms. The summed E-state index contributed by atoms with van der Waals surface area (Å²) in [6, 6.07) is 10.8. The Kier molecular flexibility index (Phi) is 6.28. The lowest BCUT2D eigenvalue weighted by Gasteiger charge is -2.29. The average molecular weight is 233 g/mol. The van der Waals surface area contributed by atoms with Crippen molar-refractivity contribution in [3.05, 3.63) is 35.9 Å². The Balaban J connectivity index is 2.23. The highest BCUT2D eigenvalue weighted by Crippen LogP contribution is 2.20. The molecule has 0 bridgehead atoms. The Hall–Kier alpha value is -0.820. The van der Waals surface area contributed by atoms with Crippen LogP contribution in [0.5, 0.6) is 0 Å². The first kappa shape index (κ1) is 14.2. The normalized spacial score (nSPS) is 14.5. The standard InChI is InChI=1S/C16H27N/c1-4-13-16(2,17-3)14-9-8-12-15-10-6-5-7-11-15/h5-7,10-11,17H,4,8-9,12-14H2,1-3H3. The third-order valence-electron chi connectivity index (χ3n) is 3.69. The molecule has 0 aliphatic rings. The molecule has 0 heterocycles. The van der Waals surface area contributed by atoms with Crippen LogP contribution in [-0.4, -0.2) is 12.6 Å². The van der Waals surface area contributed by atoms with Gasteiger partial charge in [0, 0.05) is 5.54 Å². The molecule has 0 amide bonds. The molecule has 0 saturated carbocycles. The van der Waals surface area contributed by atoms with Crippen molar-refractivity contribution in [2.75, 3.05) is 7.05 Å². The van der Waals surface area contributed by atoms with Crippen molar-refractivity contribution >= 4 is 0 Å². The van der Waals surface area contributed by atoms with Crippen molar-refractivity contribution in [3.63, 3.8) is 0 Å². The lowest BCUT2D eigenvalue weighted by Crippen LogP contribution is -2.39. The first-order valence-electron chi connectivity index (χ1n) is 6.93. The minimum absolute atomic E-state index is 0.339. The molecule has 0 aromatic heterocycles. The molecule has 1 aromatic carbocycles. The number of hydrogen-bond donors (Lipinski definition) is 1. The molecule has 1 nitrogen and oxygen atoms in total. The van der Waals surface area contributed by atoms with E-state index in [1.807, 2.05) is 0 Å². The average Bonchev–Trinajstić information content (AvgIpc) is 2.36. The van der Waals surface area contributed by atoms with E-state index < -0.39 is 0 Å². The lowest BCUT2D eigenvalue weighted by molar-refractivity contribution is 0.318. The summed E-state index contributed by atoms with van der Waals surface area (Å²) in [7, 11) is 2.09. The van der Waals surface area contributed by atoms with Gasteiger partial charge in [-0.25, -0.2) is 0 Å². The maximum atomic E-state index is 3.48. The maximum absolute atomic E-state index is 3.48. The molecule has 0 saturated heterocycles. The number of unbranched alkanes of at least 4 members (excludes halogenated alkanes) is 1. The van der Waals surface area contributed by atoms with Gasteiger partial charge in [-0.15, -0.1) is 0 Å². The number of benzene rings is 1. The van der Waals surface area contributed by atoms with E-state index in [0.717, 1.165) is 0 Å². The number of aryl methyl sites for hydroxylation is 1. The first-order valence-corrected chi connectivity index (χ1v) is 6.93. The van der Waals surface area contributed by atoms with Crippen LogP contribution in [0.1, 0.15) is 51.5 Å². The Morgan fingerprint density at radius 3 is 2.35 bits per heavy atom. The van der Waals surface area contributed by atoms with Crippen molar-refractivity contribution in [2.45, 2.75) is 57.9 Å². The second kappa shape index (κ2) is 7.50. The van der Waals surface area contributed by atoms with E-state index >= 15 is 0 Å². The van der Waals surface area contributed by atoms with Crippen molar-refractivity contribution < 1.29 is 0 Å². The van der Waals surface area contributed by atoms with E-state index in [-0.39, 0.29) is 0 Å². The minimum Gasteiger partial charge on any atom is -0.315 e. The second-order valence-corrected chi connectivity index (χ2v) is 5.25. The van der Waals surface area contributed by atoms with E-state index in [4.69, 9.17) is 0 Å². The fourth-order valence-electron chi connectivity index (χ4n) is 2.42. The Labute approximate surface area is 107 Å². The zero-order valence-corrected chi connectivity index (χ0v) is 11.6. The van der Waals surface area contributed by atoms with Gasteiger partial charge in [-0.1, -0.05) is 50.1 Å². The number of rotatable bonds is 8. The molecular formula is C16H27N. The predicted octanol–water partition coefficient (Wildman–Crippen LogP) is 4.18. The fraction of sp³-hybridized carbons (Fsp3) is 0.625. The summed E-state index contributed by atoms with van der Waals surface area (Å²) in [4.78, 5) is 0. The maximum Gasteiger partial charge on any atom is 0.0150 e. The SMILES string of the molecule is CCCC(C)(CCCCc1ccccc1)NC. The summed E-state index contributed by atoms with van der Waals surface area (Å²) < 4.78 is 0. The van der Waals surface area contributed by atoms with Crippen LogP contribution in [0.15, 0.2) is 30.3 Å². The van der Waals surface area contributed by atoms with Crippen LogP contribution in [0.3, 0.4) is 0 Å². The summed E-state index contributed by atoms with van der Waals surface area (Å²) in [5.41, 5.74) is 1.81. The van der Waals surface area contributed by atoms with E-state index in [9.17, 15) is 0 Å². The third kappa shape index (κ3) is 5.36. The molecule has 0 aliphatic heterocycles. The molecule has 1 unspecified atom stereocenters. The summed E-state index contributed by atoms with van der Waals surface area (Å²) in [6.07, 6.45) is 7.64. The van der Waals surface area contributed by atoms with E-state index in [2.05, 4.69) is 56.5 Å². The van der Waals surface area contributed by atoms with Crippen molar-refractivity contribution in [2.24, 2.45) is 0 Å². The largest absolute Gasteiger partial charge is 0.315 e. The molecule has 17 heavy (non-hydrogen) atoms. The van der Waals surface area contributed by atoms with Crippen molar-refractivity contribution in [1.82, 2.24) is 5.32 Å². The van der Waals surface area contributed by atoms with E-state index in [0.29, 0.717) is 5.54 Å². The molecule has 1 rings (SSSR count). The lowest BCUT2D eigenvalue weighted by atomic mass is 9.89. The van der Waals surface area contributed by atoms with Crippen LogP contribution in [0.2, 0.25) is 0 Å². The van der Waals surface area contributed by atoms with Crippen LogP contribution in [0, 0.1) is 0 Å². The molecule has 1 atom stereocenters. The van der Waals surface area contributed by atoms with E-state index in [1.165, 1.54) is 44.1 Å². The van der Waals surface area contributed by atoms with Gasteiger partial charge in [0.25, 0.3) is 0 Å². The molecule has 1 aromatic rings.